The Labute approximate surface area is 127 Å². The Hall–Kier alpha value is -1.20. The standard InChI is InChI=1S/C14H9BrClF3O/c15-8-9-5-6-10(7-11(9)14(17,18)19)20-13-4-2-1-3-12(13)16/h1-7H,8H2. The highest BCUT2D eigenvalue weighted by molar-refractivity contribution is 9.08. The molecule has 2 aromatic carbocycles. The molecule has 20 heavy (non-hydrogen) atoms. The molecule has 0 bridgehead atoms. The quantitative estimate of drug-likeness (QED) is 0.602. The molecule has 2 aromatic rings. The van der Waals surface area contributed by atoms with Gasteiger partial charge in [-0.3, -0.25) is 0 Å². The van der Waals surface area contributed by atoms with E-state index in [9.17, 15) is 13.2 Å². The molecule has 2 rings (SSSR count). The Kier molecular flexibility index (Phi) is 4.60. The van der Waals surface area contributed by atoms with Crippen LogP contribution < -0.4 is 4.74 Å². The van der Waals surface area contributed by atoms with Gasteiger partial charge in [0.1, 0.15) is 11.5 Å². The zero-order chi connectivity index (χ0) is 14.8. The van der Waals surface area contributed by atoms with Crippen LogP contribution in [0.1, 0.15) is 11.1 Å². The average molecular weight is 366 g/mol. The molecule has 0 spiro atoms. The molecule has 0 atom stereocenters. The minimum Gasteiger partial charge on any atom is -0.456 e. The molecule has 0 aliphatic rings. The Morgan fingerprint density at radius 2 is 1.80 bits per heavy atom. The first kappa shape index (κ1) is 15.2. The fourth-order valence-corrected chi connectivity index (χ4v) is 2.32. The van der Waals surface area contributed by atoms with Crippen molar-refractivity contribution in [2.24, 2.45) is 0 Å². The highest BCUT2D eigenvalue weighted by Crippen LogP contribution is 2.37. The third-order valence-corrected chi connectivity index (χ3v) is 3.51. The third kappa shape index (κ3) is 3.46. The van der Waals surface area contributed by atoms with Crippen LogP contribution in [0.5, 0.6) is 11.5 Å². The van der Waals surface area contributed by atoms with Gasteiger partial charge in [-0.05, 0) is 29.8 Å². The lowest BCUT2D eigenvalue weighted by molar-refractivity contribution is -0.138. The van der Waals surface area contributed by atoms with E-state index in [0.29, 0.717) is 10.8 Å². The smallest absolute Gasteiger partial charge is 0.416 e. The summed E-state index contributed by atoms with van der Waals surface area (Å²) in [5.74, 6) is 0.406. The van der Waals surface area contributed by atoms with Crippen LogP contribution in [0.4, 0.5) is 13.2 Å². The highest BCUT2D eigenvalue weighted by atomic mass is 79.9. The predicted octanol–water partition coefficient (Wildman–Crippen LogP) is 6.05. The lowest BCUT2D eigenvalue weighted by atomic mass is 10.1. The fourth-order valence-electron chi connectivity index (χ4n) is 1.65. The second-order valence-electron chi connectivity index (χ2n) is 3.98. The number of para-hydroxylation sites is 1. The molecular weight excluding hydrogens is 357 g/mol. The summed E-state index contributed by atoms with van der Waals surface area (Å²) in [6.07, 6.45) is -4.43. The molecule has 0 unspecified atom stereocenters. The number of rotatable bonds is 3. The van der Waals surface area contributed by atoms with Crippen LogP contribution in [0.15, 0.2) is 42.5 Å². The summed E-state index contributed by atoms with van der Waals surface area (Å²) in [7, 11) is 0. The summed E-state index contributed by atoms with van der Waals surface area (Å²) < 4.78 is 44.2. The van der Waals surface area contributed by atoms with E-state index in [1.807, 2.05) is 0 Å². The molecular formula is C14H9BrClF3O. The molecule has 0 aromatic heterocycles. The Morgan fingerprint density at radius 3 is 2.40 bits per heavy atom. The molecule has 0 N–H and O–H groups in total. The van der Waals surface area contributed by atoms with E-state index >= 15 is 0 Å². The molecule has 0 saturated carbocycles. The van der Waals surface area contributed by atoms with Gasteiger partial charge in [0.25, 0.3) is 0 Å². The van der Waals surface area contributed by atoms with Gasteiger partial charge < -0.3 is 4.74 Å². The first-order valence-corrected chi connectivity index (χ1v) is 7.10. The number of ether oxygens (including phenoxy) is 1. The second kappa shape index (κ2) is 6.06. The minimum atomic E-state index is -4.43. The summed E-state index contributed by atoms with van der Waals surface area (Å²) in [5.41, 5.74) is -0.567. The molecule has 0 radical (unpaired) electrons. The lowest BCUT2D eigenvalue weighted by Gasteiger charge is -2.14. The van der Waals surface area contributed by atoms with Crippen molar-refractivity contribution in [3.05, 3.63) is 58.6 Å². The second-order valence-corrected chi connectivity index (χ2v) is 4.95. The van der Waals surface area contributed by atoms with Crippen LogP contribution in [0.2, 0.25) is 5.02 Å². The van der Waals surface area contributed by atoms with E-state index in [4.69, 9.17) is 16.3 Å². The number of hydrogen-bond donors (Lipinski definition) is 0. The fraction of sp³-hybridized carbons (Fsp3) is 0.143. The molecule has 0 heterocycles. The maximum absolute atomic E-state index is 12.9. The zero-order valence-corrected chi connectivity index (χ0v) is 12.4. The van der Waals surface area contributed by atoms with Gasteiger partial charge in [0.2, 0.25) is 0 Å². The van der Waals surface area contributed by atoms with Crippen molar-refractivity contribution < 1.29 is 17.9 Å². The van der Waals surface area contributed by atoms with Gasteiger partial charge in [-0.1, -0.05) is 45.7 Å². The topological polar surface area (TPSA) is 9.23 Å². The molecule has 0 saturated heterocycles. The van der Waals surface area contributed by atoms with Crippen LogP contribution in [0.3, 0.4) is 0 Å². The van der Waals surface area contributed by atoms with Gasteiger partial charge in [-0.25, -0.2) is 0 Å². The van der Waals surface area contributed by atoms with Gasteiger partial charge in [-0.2, -0.15) is 13.2 Å². The van der Waals surface area contributed by atoms with E-state index in [2.05, 4.69) is 15.9 Å². The van der Waals surface area contributed by atoms with Gasteiger partial charge >= 0.3 is 6.18 Å². The monoisotopic (exact) mass is 364 g/mol. The maximum Gasteiger partial charge on any atom is 0.416 e. The molecule has 0 amide bonds. The van der Waals surface area contributed by atoms with E-state index < -0.39 is 11.7 Å². The van der Waals surface area contributed by atoms with Gasteiger partial charge in [0.05, 0.1) is 10.6 Å². The highest BCUT2D eigenvalue weighted by Gasteiger charge is 2.33. The maximum atomic E-state index is 12.9. The minimum absolute atomic E-state index is 0.0927. The largest absolute Gasteiger partial charge is 0.456 e. The van der Waals surface area contributed by atoms with Crippen LogP contribution in [-0.4, -0.2) is 0 Å². The van der Waals surface area contributed by atoms with Crippen molar-refractivity contribution >= 4 is 27.5 Å². The van der Waals surface area contributed by atoms with Gasteiger partial charge in [0.15, 0.2) is 0 Å². The van der Waals surface area contributed by atoms with Crippen molar-refractivity contribution in [2.45, 2.75) is 11.5 Å². The van der Waals surface area contributed by atoms with Crippen LogP contribution in [0, 0.1) is 0 Å². The average Bonchev–Trinajstić information content (AvgIpc) is 2.40. The SMILES string of the molecule is FC(F)(F)c1cc(Oc2ccccc2Cl)ccc1CBr. The third-order valence-electron chi connectivity index (χ3n) is 2.60. The number of halogens is 5. The molecule has 6 heteroatoms. The summed E-state index contributed by atoms with van der Waals surface area (Å²) in [5, 5.41) is 0.458. The molecule has 0 fully saturated rings. The van der Waals surface area contributed by atoms with Crippen molar-refractivity contribution in [1.29, 1.82) is 0 Å². The van der Waals surface area contributed by atoms with E-state index in [1.165, 1.54) is 12.1 Å². The predicted molar refractivity (Wildman–Crippen MR) is 75.6 cm³/mol. The Morgan fingerprint density at radius 1 is 1.10 bits per heavy atom. The summed E-state index contributed by atoms with van der Waals surface area (Å²) in [6, 6.07) is 10.4. The van der Waals surface area contributed by atoms with Crippen LogP contribution in [-0.2, 0) is 11.5 Å². The Bertz CT molecular complexity index is 614. The molecule has 106 valence electrons. The number of hydrogen-bond acceptors (Lipinski definition) is 1. The van der Waals surface area contributed by atoms with Crippen molar-refractivity contribution in [2.75, 3.05) is 0 Å². The number of alkyl halides is 4. The van der Waals surface area contributed by atoms with Crippen molar-refractivity contribution in [3.8, 4) is 11.5 Å². The summed E-state index contributed by atoms with van der Waals surface area (Å²) in [6.45, 7) is 0. The summed E-state index contributed by atoms with van der Waals surface area (Å²) in [4.78, 5) is 0. The molecule has 1 nitrogen and oxygen atoms in total. The van der Waals surface area contributed by atoms with Gasteiger partial charge in [-0.15, -0.1) is 0 Å². The first-order chi connectivity index (χ1) is 9.41. The number of benzene rings is 2. The summed E-state index contributed by atoms with van der Waals surface area (Å²) >= 11 is 8.95. The molecule has 0 aliphatic carbocycles. The van der Waals surface area contributed by atoms with Gasteiger partial charge in [0, 0.05) is 5.33 Å². The molecule has 0 aliphatic heterocycles. The lowest BCUT2D eigenvalue weighted by Crippen LogP contribution is -2.08. The van der Waals surface area contributed by atoms with Crippen molar-refractivity contribution in [3.63, 3.8) is 0 Å². The zero-order valence-electron chi connectivity index (χ0n) is 10.0. The van der Waals surface area contributed by atoms with E-state index in [0.717, 1.165) is 6.07 Å². The van der Waals surface area contributed by atoms with Crippen LogP contribution in [0.25, 0.3) is 0 Å². The van der Waals surface area contributed by atoms with Crippen molar-refractivity contribution in [1.82, 2.24) is 0 Å². The van der Waals surface area contributed by atoms with Crippen LogP contribution >= 0.6 is 27.5 Å². The first-order valence-electron chi connectivity index (χ1n) is 5.60. The Balaban J connectivity index is 2.37. The van der Waals surface area contributed by atoms with E-state index in [-0.39, 0.29) is 16.6 Å². The normalized spacial score (nSPS) is 11.4. The van der Waals surface area contributed by atoms with E-state index in [1.54, 1.807) is 24.3 Å².